The number of nitrogens with zero attached hydrogens (tertiary/aromatic N) is 3. The molecule has 4 rings (SSSR count). The van der Waals surface area contributed by atoms with Gasteiger partial charge >= 0.3 is 0 Å². The molecule has 0 radical (unpaired) electrons. The second-order valence-electron chi connectivity index (χ2n) is 10.1. The van der Waals surface area contributed by atoms with E-state index >= 15 is 0 Å². The van der Waals surface area contributed by atoms with Crippen molar-refractivity contribution in [2.24, 2.45) is 0 Å². The molecule has 3 heterocycles. The Kier molecular flexibility index (Phi) is 9.14. The summed E-state index contributed by atoms with van der Waals surface area (Å²) in [6, 6.07) is 9.78. The Morgan fingerprint density at radius 2 is 1.90 bits per heavy atom. The van der Waals surface area contributed by atoms with E-state index in [1.54, 1.807) is 6.20 Å². The third-order valence-corrected chi connectivity index (χ3v) is 7.15. The highest BCUT2D eigenvalue weighted by molar-refractivity contribution is 6.06. The predicted molar refractivity (Wildman–Crippen MR) is 158 cm³/mol. The largest absolute Gasteiger partial charge is 0.385 e. The van der Waals surface area contributed by atoms with E-state index in [-0.39, 0.29) is 18.0 Å². The number of aryl methyl sites for hydroxylation is 2. The molecule has 1 saturated heterocycles. The minimum Gasteiger partial charge on any atom is -0.385 e. The molecule has 9 heteroatoms. The standard InChI is InChI=1S/C30H39N7O2/c1-5-7-22-14-20(3)35-30(39)26(22)19-34-29(38)24-15-23(16-27(32-6-2)25(24)18-31)21-8-9-33-28(17-21)37-12-10-36(4)11-13-37/h8-9,14-18,31-32H,5-7,10-13,19H2,1-4H3,(H,34,38)(H,35,39). The molecule has 0 aliphatic carbocycles. The fourth-order valence-electron chi connectivity index (χ4n) is 5.04. The molecular weight excluding hydrogens is 490 g/mol. The normalized spacial score (nSPS) is 13.8. The number of carbonyl (C=O) groups excluding carboxylic acids is 1. The zero-order valence-electron chi connectivity index (χ0n) is 23.4. The van der Waals surface area contributed by atoms with Crippen LogP contribution in [-0.4, -0.2) is 66.8 Å². The van der Waals surface area contributed by atoms with E-state index in [1.165, 1.54) is 6.21 Å². The molecule has 2 aromatic heterocycles. The summed E-state index contributed by atoms with van der Waals surface area (Å²) in [5.74, 6) is 0.583. The lowest BCUT2D eigenvalue weighted by molar-refractivity contribution is 0.0950. The van der Waals surface area contributed by atoms with Crippen LogP contribution < -0.4 is 21.1 Å². The number of piperazine rings is 1. The van der Waals surface area contributed by atoms with E-state index in [2.05, 4.69) is 50.4 Å². The van der Waals surface area contributed by atoms with E-state index in [9.17, 15) is 9.59 Å². The molecule has 9 nitrogen and oxygen atoms in total. The number of benzene rings is 1. The number of rotatable bonds is 10. The van der Waals surface area contributed by atoms with Crippen molar-refractivity contribution in [3.8, 4) is 11.1 Å². The van der Waals surface area contributed by atoms with Gasteiger partial charge < -0.3 is 30.8 Å². The second kappa shape index (κ2) is 12.7. The highest BCUT2D eigenvalue weighted by Crippen LogP contribution is 2.30. The number of nitrogens with one attached hydrogen (secondary N) is 4. The first-order valence-electron chi connectivity index (χ1n) is 13.7. The summed E-state index contributed by atoms with van der Waals surface area (Å²) in [5, 5.41) is 14.3. The first-order chi connectivity index (χ1) is 18.8. The molecule has 0 saturated carbocycles. The van der Waals surface area contributed by atoms with Gasteiger partial charge in [-0.1, -0.05) is 13.3 Å². The Balaban J connectivity index is 1.67. The molecule has 0 atom stereocenters. The van der Waals surface area contributed by atoms with Gasteiger partial charge in [-0.25, -0.2) is 4.98 Å². The number of pyridine rings is 2. The Hall–Kier alpha value is -3.98. The summed E-state index contributed by atoms with van der Waals surface area (Å²) >= 11 is 0. The van der Waals surface area contributed by atoms with Crippen molar-refractivity contribution in [2.45, 2.75) is 40.2 Å². The number of carbonyl (C=O) groups is 1. The second-order valence-corrected chi connectivity index (χ2v) is 10.1. The van der Waals surface area contributed by atoms with Gasteiger partial charge in [-0.3, -0.25) is 9.59 Å². The van der Waals surface area contributed by atoms with Gasteiger partial charge in [0.1, 0.15) is 5.82 Å². The van der Waals surface area contributed by atoms with E-state index < -0.39 is 0 Å². The first-order valence-corrected chi connectivity index (χ1v) is 13.7. The molecule has 3 aromatic rings. The number of H-pyrrole nitrogens is 1. The number of anilines is 2. The maximum Gasteiger partial charge on any atom is 0.253 e. The fraction of sp³-hybridized carbons (Fsp3) is 0.400. The summed E-state index contributed by atoms with van der Waals surface area (Å²) in [7, 11) is 2.13. The van der Waals surface area contributed by atoms with Crippen molar-refractivity contribution in [1.82, 2.24) is 20.2 Å². The van der Waals surface area contributed by atoms with Gasteiger partial charge in [0.05, 0.1) is 5.56 Å². The Bertz CT molecular complexity index is 1390. The molecule has 0 bridgehead atoms. The first kappa shape index (κ1) is 28.0. The fourth-order valence-corrected chi connectivity index (χ4v) is 5.04. The maximum atomic E-state index is 13.6. The smallest absolute Gasteiger partial charge is 0.253 e. The van der Waals surface area contributed by atoms with Crippen LogP contribution in [0.4, 0.5) is 11.5 Å². The molecule has 39 heavy (non-hydrogen) atoms. The lowest BCUT2D eigenvalue weighted by Crippen LogP contribution is -2.44. The minimum atomic E-state index is -0.328. The molecule has 1 amide bonds. The number of aromatic nitrogens is 2. The summed E-state index contributed by atoms with van der Waals surface area (Å²) < 4.78 is 0. The van der Waals surface area contributed by atoms with Crippen molar-refractivity contribution in [2.75, 3.05) is 50.0 Å². The van der Waals surface area contributed by atoms with Crippen LogP contribution in [0.1, 0.15) is 53.0 Å². The van der Waals surface area contributed by atoms with Crippen molar-refractivity contribution in [3.05, 3.63) is 74.8 Å². The van der Waals surface area contributed by atoms with Crippen LogP contribution in [0, 0.1) is 12.3 Å². The molecular formula is C30H39N7O2. The van der Waals surface area contributed by atoms with Gasteiger partial charge in [0, 0.05) is 74.2 Å². The van der Waals surface area contributed by atoms with Gasteiger partial charge in [-0.05, 0) is 74.3 Å². The van der Waals surface area contributed by atoms with Gasteiger partial charge in [0.15, 0.2) is 0 Å². The SMILES string of the molecule is CCCc1cc(C)[nH]c(=O)c1CNC(=O)c1cc(-c2ccnc(N3CCN(C)CC3)c2)cc(NCC)c1C=N. The van der Waals surface area contributed by atoms with Crippen molar-refractivity contribution in [3.63, 3.8) is 0 Å². The van der Waals surface area contributed by atoms with Gasteiger partial charge in [-0.15, -0.1) is 0 Å². The van der Waals surface area contributed by atoms with Gasteiger partial charge in [0.25, 0.3) is 11.5 Å². The highest BCUT2D eigenvalue weighted by atomic mass is 16.1. The lowest BCUT2D eigenvalue weighted by Gasteiger charge is -2.33. The molecule has 1 aromatic carbocycles. The van der Waals surface area contributed by atoms with E-state index in [0.717, 1.165) is 67.2 Å². The zero-order chi connectivity index (χ0) is 27.9. The van der Waals surface area contributed by atoms with Crippen molar-refractivity contribution in [1.29, 1.82) is 5.41 Å². The molecule has 1 aliphatic heterocycles. The highest BCUT2D eigenvalue weighted by Gasteiger charge is 2.19. The number of hydrogen-bond donors (Lipinski definition) is 4. The van der Waals surface area contributed by atoms with E-state index in [0.29, 0.717) is 28.9 Å². The van der Waals surface area contributed by atoms with E-state index in [4.69, 9.17) is 5.41 Å². The summed E-state index contributed by atoms with van der Waals surface area (Å²) in [6.07, 6.45) is 4.68. The summed E-state index contributed by atoms with van der Waals surface area (Å²) in [4.78, 5) is 38.3. The quantitative estimate of drug-likeness (QED) is 0.297. The maximum absolute atomic E-state index is 13.6. The number of aromatic amines is 1. The topological polar surface area (TPSA) is 117 Å². The summed E-state index contributed by atoms with van der Waals surface area (Å²) in [5.41, 5.74) is 5.57. The monoisotopic (exact) mass is 529 g/mol. The van der Waals surface area contributed by atoms with Gasteiger partial charge in [0.2, 0.25) is 0 Å². The van der Waals surface area contributed by atoms with Crippen LogP contribution in [0.2, 0.25) is 0 Å². The molecule has 0 spiro atoms. The average molecular weight is 530 g/mol. The zero-order valence-corrected chi connectivity index (χ0v) is 23.4. The van der Waals surface area contributed by atoms with Crippen LogP contribution in [0.5, 0.6) is 0 Å². The van der Waals surface area contributed by atoms with Crippen molar-refractivity contribution >= 4 is 23.6 Å². The van der Waals surface area contributed by atoms with Crippen LogP contribution in [0.15, 0.2) is 41.3 Å². The van der Waals surface area contributed by atoms with Crippen LogP contribution in [0.3, 0.4) is 0 Å². The lowest BCUT2D eigenvalue weighted by atomic mass is 9.97. The van der Waals surface area contributed by atoms with E-state index in [1.807, 2.05) is 38.1 Å². The average Bonchev–Trinajstić information content (AvgIpc) is 2.93. The number of amides is 1. The Morgan fingerprint density at radius 1 is 1.13 bits per heavy atom. The predicted octanol–water partition coefficient (Wildman–Crippen LogP) is 3.81. The van der Waals surface area contributed by atoms with Gasteiger partial charge in [-0.2, -0.15) is 0 Å². The molecule has 1 aliphatic rings. The molecule has 1 fully saturated rings. The number of likely N-dealkylation sites (N-methyl/N-ethyl adjacent to an activating group) is 1. The Labute approximate surface area is 230 Å². The van der Waals surface area contributed by atoms with Crippen LogP contribution in [-0.2, 0) is 13.0 Å². The third-order valence-electron chi connectivity index (χ3n) is 7.15. The Morgan fingerprint density at radius 3 is 2.59 bits per heavy atom. The van der Waals surface area contributed by atoms with Crippen molar-refractivity contribution < 1.29 is 4.79 Å². The minimum absolute atomic E-state index is 0.116. The van der Waals surface area contributed by atoms with Crippen LogP contribution >= 0.6 is 0 Å². The molecule has 0 unspecified atom stereocenters. The number of hydrogen-bond acceptors (Lipinski definition) is 7. The summed E-state index contributed by atoms with van der Waals surface area (Å²) in [6.45, 7) is 10.5. The molecule has 4 N–H and O–H groups in total. The third kappa shape index (κ3) is 6.54. The molecule has 206 valence electrons. The van der Waals surface area contributed by atoms with Crippen LogP contribution in [0.25, 0.3) is 11.1 Å².